The molecule has 0 radical (unpaired) electrons. The molecule has 4 heteroatoms. The first-order valence-electron chi connectivity index (χ1n) is 5.42. The molecule has 0 spiro atoms. The number of nitrogens with one attached hydrogen (secondary N) is 1. The van der Waals surface area contributed by atoms with Crippen LogP contribution in [0.15, 0.2) is 15.9 Å². The van der Waals surface area contributed by atoms with Gasteiger partial charge in [0.25, 0.3) is 0 Å². The number of halogens is 1. The van der Waals surface area contributed by atoms with Crippen molar-refractivity contribution in [2.75, 3.05) is 20.1 Å². The molecule has 1 unspecified atom stereocenters. The zero-order valence-electron chi connectivity index (χ0n) is 9.00. The van der Waals surface area contributed by atoms with Gasteiger partial charge in [-0.2, -0.15) is 0 Å². The SMILES string of the molecule is CNCC1CCCN1Cc1sccc1Br. The van der Waals surface area contributed by atoms with E-state index in [1.54, 1.807) is 0 Å². The van der Waals surface area contributed by atoms with Gasteiger partial charge in [0.1, 0.15) is 0 Å². The van der Waals surface area contributed by atoms with E-state index in [4.69, 9.17) is 0 Å². The highest BCUT2D eigenvalue weighted by Crippen LogP contribution is 2.27. The molecule has 2 rings (SSSR count). The summed E-state index contributed by atoms with van der Waals surface area (Å²) in [6, 6.07) is 2.87. The molecule has 84 valence electrons. The topological polar surface area (TPSA) is 15.3 Å². The number of thiophene rings is 1. The third-order valence-electron chi connectivity index (χ3n) is 2.98. The molecule has 1 aliphatic heterocycles. The van der Waals surface area contributed by atoms with Crippen molar-refractivity contribution in [2.45, 2.75) is 25.4 Å². The van der Waals surface area contributed by atoms with Crippen LogP contribution in [0.25, 0.3) is 0 Å². The van der Waals surface area contributed by atoms with Crippen LogP contribution in [0.5, 0.6) is 0 Å². The number of rotatable bonds is 4. The molecule has 1 aliphatic rings. The second kappa shape index (κ2) is 5.43. The number of hydrogen-bond acceptors (Lipinski definition) is 3. The fraction of sp³-hybridized carbons (Fsp3) is 0.636. The Balaban J connectivity index is 1.96. The third-order valence-corrected chi connectivity index (χ3v) is 4.89. The Morgan fingerprint density at radius 1 is 1.67 bits per heavy atom. The monoisotopic (exact) mass is 288 g/mol. The molecule has 1 saturated heterocycles. The first-order valence-corrected chi connectivity index (χ1v) is 7.09. The minimum Gasteiger partial charge on any atom is -0.318 e. The summed E-state index contributed by atoms with van der Waals surface area (Å²) in [5, 5.41) is 5.44. The van der Waals surface area contributed by atoms with Gasteiger partial charge in [-0.1, -0.05) is 0 Å². The number of likely N-dealkylation sites (N-methyl/N-ethyl adjacent to an activating group) is 1. The van der Waals surface area contributed by atoms with Gasteiger partial charge in [0.2, 0.25) is 0 Å². The zero-order chi connectivity index (χ0) is 10.7. The van der Waals surface area contributed by atoms with Gasteiger partial charge in [-0.25, -0.2) is 0 Å². The van der Waals surface area contributed by atoms with Crippen LogP contribution in [0.4, 0.5) is 0 Å². The van der Waals surface area contributed by atoms with Gasteiger partial charge in [-0.15, -0.1) is 11.3 Å². The highest BCUT2D eigenvalue weighted by molar-refractivity contribution is 9.10. The van der Waals surface area contributed by atoms with Gasteiger partial charge < -0.3 is 5.32 Å². The van der Waals surface area contributed by atoms with Crippen LogP contribution < -0.4 is 5.32 Å². The van der Waals surface area contributed by atoms with E-state index in [1.807, 2.05) is 18.4 Å². The van der Waals surface area contributed by atoms with Crippen molar-refractivity contribution in [3.05, 3.63) is 20.8 Å². The van der Waals surface area contributed by atoms with Crippen LogP contribution in [0.1, 0.15) is 17.7 Å². The average molecular weight is 289 g/mol. The lowest BCUT2D eigenvalue weighted by atomic mass is 10.2. The van der Waals surface area contributed by atoms with E-state index in [9.17, 15) is 0 Å². The molecule has 0 bridgehead atoms. The summed E-state index contributed by atoms with van der Waals surface area (Å²) in [6.07, 6.45) is 2.68. The fourth-order valence-corrected chi connectivity index (χ4v) is 3.69. The highest BCUT2D eigenvalue weighted by atomic mass is 79.9. The summed E-state index contributed by atoms with van der Waals surface area (Å²) in [5.74, 6) is 0. The first kappa shape index (κ1) is 11.6. The molecule has 0 saturated carbocycles. The Kier molecular flexibility index (Phi) is 4.20. The predicted octanol–water partition coefficient (Wildman–Crippen LogP) is 2.69. The van der Waals surface area contributed by atoms with Gasteiger partial charge in [0, 0.05) is 28.5 Å². The molecular formula is C11H17BrN2S. The largest absolute Gasteiger partial charge is 0.318 e. The van der Waals surface area contributed by atoms with Gasteiger partial charge in [-0.05, 0) is 53.8 Å². The Bertz CT molecular complexity index is 313. The number of nitrogens with zero attached hydrogens (tertiary/aromatic N) is 1. The summed E-state index contributed by atoms with van der Waals surface area (Å²) < 4.78 is 1.27. The molecule has 1 aromatic heterocycles. The molecule has 0 aliphatic carbocycles. The minimum absolute atomic E-state index is 0.726. The fourth-order valence-electron chi connectivity index (χ4n) is 2.19. The zero-order valence-corrected chi connectivity index (χ0v) is 11.4. The average Bonchev–Trinajstić information content (AvgIpc) is 2.80. The normalized spacial score (nSPS) is 22.4. The van der Waals surface area contributed by atoms with Crippen LogP contribution in [0.2, 0.25) is 0 Å². The molecule has 1 fully saturated rings. The summed E-state index contributed by atoms with van der Waals surface area (Å²) in [5.41, 5.74) is 0. The van der Waals surface area contributed by atoms with E-state index < -0.39 is 0 Å². The molecule has 15 heavy (non-hydrogen) atoms. The molecule has 1 aromatic rings. The van der Waals surface area contributed by atoms with Crippen LogP contribution in [0, 0.1) is 0 Å². The van der Waals surface area contributed by atoms with Crippen LogP contribution in [-0.2, 0) is 6.54 Å². The van der Waals surface area contributed by atoms with Gasteiger partial charge >= 0.3 is 0 Å². The maximum absolute atomic E-state index is 3.60. The smallest absolute Gasteiger partial charge is 0.0342 e. The van der Waals surface area contributed by atoms with Crippen LogP contribution in [-0.4, -0.2) is 31.1 Å². The summed E-state index contributed by atoms with van der Waals surface area (Å²) in [6.45, 7) is 3.46. The van der Waals surface area contributed by atoms with Crippen molar-refractivity contribution < 1.29 is 0 Å². The first-order chi connectivity index (χ1) is 7.31. The van der Waals surface area contributed by atoms with E-state index in [2.05, 4.69) is 37.6 Å². The second-order valence-corrected chi connectivity index (χ2v) is 5.87. The lowest BCUT2D eigenvalue weighted by Gasteiger charge is -2.23. The van der Waals surface area contributed by atoms with Crippen molar-refractivity contribution in [1.82, 2.24) is 10.2 Å². The van der Waals surface area contributed by atoms with Crippen molar-refractivity contribution in [3.63, 3.8) is 0 Å². The van der Waals surface area contributed by atoms with Gasteiger partial charge in [-0.3, -0.25) is 4.90 Å². The maximum Gasteiger partial charge on any atom is 0.0342 e. The Morgan fingerprint density at radius 3 is 3.20 bits per heavy atom. The van der Waals surface area contributed by atoms with Gasteiger partial charge in [0.15, 0.2) is 0 Å². The Labute approximate surface area is 104 Å². The summed E-state index contributed by atoms with van der Waals surface area (Å²) >= 11 is 5.45. The molecule has 1 atom stereocenters. The third kappa shape index (κ3) is 2.81. The van der Waals surface area contributed by atoms with Crippen LogP contribution in [0.3, 0.4) is 0 Å². The van der Waals surface area contributed by atoms with E-state index in [1.165, 1.54) is 28.7 Å². The van der Waals surface area contributed by atoms with E-state index in [0.29, 0.717) is 0 Å². The van der Waals surface area contributed by atoms with Crippen molar-refractivity contribution in [3.8, 4) is 0 Å². The Morgan fingerprint density at radius 2 is 2.53 bits per heavy atom. The highest BCUT2D eigenvalue weighted by Gasteiger charge is 2.24. The number of likely N-dealkylation sites (tertiary alicyclic amines) is 1. The molecule has 0 aromatic carbocycles. The van der Waals surface area contributed by atoms with Crippen molar-refractivity contribution >= 4 is 27.3 Å². The van der Waals surface area contributed by atoms with Crippen molar-refractivity contribution in [1.29, 1.82) is 0 Å². The summed E-state index contributed by atoms with van der Waals surface area (Å²) in [7, 11) is 2.04. The van der Waals surface area contributed by atoms with E-state index >= 15 is 0 Å². The van der Waals surface area contributed by atoms with E-state index in [0.717, 1.165) is 19.1 Å². The molecule has 2 heterocycles. The molecular weight excluding hydrogens is 272 g/mol. The summed E-state index contributed by atoms with van der Waals surface area (Å²) in [4.78, 5) is 4.05. The predicted molar refractivity (Wildman–Crippen MR) is 69.4 cm³/mol. The maximum atomic E-state index is 3.60. The van der Waals surface area contributed by atoms with E-state index in [-0.39, 0.29) is 0 Å². The lowest BCUT2D eigenvalue weighted by molar-refractivity contribution is 0.244. The Hall–Kier alpha value is 0.100. The number of hydrogen-bond donors (Lipinski definition) is 1. The standard InChI is InChI=1S/C11H17BrN2S/c1-13-7-9-3-2-5-14(9)8-11-10(12)4-6-15-11/h4,6,9,13H,2-3,5,7-8H2,1H3. The molecule has 2 nitrogen and oxygen atoms in total. The van der Waals surface area contributed by atoms with Crippen LogP contribution >= 0.6 is 27.3 Å². The van der Waals surface area contributed by atoms with Gasteiger partial charge in [0.05, 0.1) is 0 Å². The quantitative estimate of drug-likeness (QED) is 0.917. The lowest BCUT2D eigenvalue weighted by Crippen LogP contribution is -2.36. The second-order valence-electron chi connectivity index (χ2n) is 4.02. The molecule has 1 N–H and O–H groups in total. The van der Waals surface area contributed by atoms with Crippen molar-refractivity contribution in [2.24, 2.45) is 0 Å². The minimum atomic E-state index is 0.726. The molecule has 0 amide bonds.